The van der Waals surface area contributed by atoms with E-state index < -0.39 is 5.97 Å². The molecule has 0 fully saturated rings. The molecule has 1 aromatic carbocycles. The molecule has 0 saturated carbocycles. The highest BCUT2D eigenvalue weighted by molar-refractivity contribution is 6.30. The summed E-state index contributed by atoms with van der Waals surface area (Å²) >= 11 is 5.87. The van der Waals surface area contributed by atoms with Crippen LogP contribution in [0.2, 0.25) is 5.02 Å². The Bertz CT molecular complexity index is 599. The van der Waals surface area contributed by atoms with E-state index in [0.717, 1.165) is 0 Å². The van der Waals surface area contributed by atoms with Crippen LogP contribution in [0.25, 0.3) is 11.4 Å². The lowest BCUT2D eigenvalue weighted by Gasteiger charge is -2.06. The number of benzene rings is 1. The van der Waals surface area contributed by atoms with E-state index in [-0.39, 0.29) is 12.2 Å². The first-order valence-corrected chi connectivity index (χ1v) is 5.92. The Labute approximate surface area is 113 Å². The average Bonchev–Trinajstić information content (AvgIpc) is 2.80. The first-order chi connectivity index (χ1) is 9.08. The molecular formula is C11H11ClN4O3. The van der Waals surface area contributed by atoms with E-state index in [2.05, 4.69) is 15.5 Å². The van der Waals surface area contributed by atoms with E-state index in [1.165, 1.54) is 10.7 Å². The third-order valence-corrected chi connectivity index (χ3v) is 2.73. The van der Waals surface area contributed by atoms with E-state index >= 15 is 0 Å². The van der Waals surface area contributed by atoms with Crippen LogP contribution in [-0.4, -0.2) is 36.4 Å². The Morgan fingerprint density at radius 2 is 2.21 bits per heavy atom. The summed E-state index contributed by atoms with van der Waals surface area (Å²) < 4.78 is 1.44. The normalized spacial score (nSPS) is 10.6. The second-order valence-corrected chi connectivity index (χ2v) is 4.32. The summed E-state index contributed by atoms with van der Waals surface area (Å²) in [5, 5.41) is 29.9. The highest BCUT2D eigenvalue weighted by atomic mass is 35.5. The summed E-state index contributed by atoms with van der Waals surface area (Å²) in [7, 11) is 0. The highest BCUT2D eigenvalue weighted by Gasteiger charge is 2.13. The van der Waals surface area contributed by atoms with Crippen molar-refractivity contribution in [2.24, 2.45) is 0 Å². The molecule has 0 spiro atoms. The topological polar surface area (TPSA) is 101 Å². The first kappa shape index (κ1) is 13.3. The van der Waals surface area contributed by atoms with Gasteiger partial charge in [0.1, 0.15) is 5.75 Å². The molecule has 0 unspecified atom stereocenters. The number of tetrazole rings is 1. The molecule has 2 aromatic rings. The van der Waals surface area contributed by atoms with Crippen molar-refractivity contribution in [3.63, 3.8) is 0 Å². The van der Waals surface area contributed by atoms with Gasteiger partial charge in [-0.15, -0.1) is 5.10 Å². The van der Waals surface area contributed by atoms with E-state index in [9.17, 15) is 9.90 Å². The van der Waals surface area contributed by atoms with E-state index in [1.807, 2.05) is 0 Å². The van der Waals surface area contributed by atoms with Crippen LogP contribution in [-0.2, 0) is 11.3 Å². The largest absolute Gasteiger partial charge is 0.507 e. The fourth-order valence-corrected chi connectivity index (χ4v) is 1.79. The smallest absolute Gasteiger partial charge is 0.303 e. The third-order valence-electron chi connectivity index (χ3n) is 2.49. The quantitative estimate of drug-likeness (QED) is 0.863. The third kappa shape index (κ3) is 3.19. The number of phenols is 1. The van der Waals surface area contributed by atoms with Crippen molar-refractivity contribution in [1.82, 2.24) is 20.2 Å². The second kappa shape index (κ2) is 5.66. The number of carboxylic acids is 1. The number of nitrogens with zero attached hydrogens (tertiary/aromatic N) is 4. The van der Waals surface area contributed by atoms with Crippen LogP contribution in [0, 0.1) is 0 Å². The van der Waals surface area contributed by atoms with Crippen LogP contribution in [0.15, 0.2) is 18.2 Å². The van der Waals surface area contributed by atoms with Crippen molar-refractivity contribution in [3.05, 3.63) is 23.2 Å². The molecule has 0 aliphatic rings. The summed E-state index contributed by atoms with van der Waals surface area (Å²) in [6.07, 6.45) is 0.426. The van der Waals surface area contributed by atoms with Gasteiger partial charge >= 0.3 is 5.97 Å². The Morgan fingerprint density at radius 1 is 1.42 bits per heavy atom. The zero-order valence-corrected chi connectivity index (χ0v) is 10.6. The molecule has 0 radical (unpaired) electrons. The molecular weight excluding hydrogens is 272 g/mol. The van der Waals surface area contributed by atoms with Crippen molar-refractivity contribution in [2.75, 3.05) is 0 Å². The van der Waals surface area contributed by atoms with Gasteiger partial charge in [-0.3, -0.25) is 4.79 Å². The summed E-state index contributed by atoms with van der Waals surface area (Å²) in [4.78, 5) is 10.5. The minimum absolute atomic E-state index is 0.0127. The van der Waals surface area contributed by atoms with Crippen LogP contribution in [0.1, 0.15) is 12.8 Å². The summed E-state index contributed by atoms with van der Waals surface area (Å²) in [6.45, 7) is 0.348. The molecule has 0 aliphatic carbocycles. The Morgan fingerprint density at radius 3 is 2.95 bits per heavy atom. The van der Waals surface area contributed by atoms with Gasteiger partial charge in [-0.05, 0) is 35.0 Å². The summed E-state index contributed by atoms with van der Waals surface area (Å²) in [6, 6.07) is 4.56. The molecule has 0 amide bonds. The maximum absolute atomic E-state index is 10.5. The van der Waals surface area contributed by atoms with Crippen molar-refractivity contribution in [1.29, 1.82) is 0 Å². The predicted octanol–water partition coefficient (Wildman–Crippen LogP) is 1.56. The molecule has 0 saturated heterocycles. The number of aromatic nitrogens is 4. The zero-order valence-electron chi connectivity index (χ0n) is 9.82. The van der Waals surface area contributed by atoms with Crippen LogP contribution in [0.3, 0.4) is 0 Å². The molecule has 19 heavy (non-hydrogen) atoms. The predicted molar refractivity (Wildman–Crippen MR) is 66.8 cm³/mol. The highest BCUT2D eigenvalue weighted by Crippen LogP contribution is 2.29. The second-order valence-electron chi connectivity index (χ2n) is 3.88. The van der Waals surface area contributed by atoms with Gasteiger partial charge in [0.25, 0.3) is 0 Å². The van der Waals surface area contributed by atoms with Crippen molar-refractivity contribution >= 4 is 17.6 Å². The molecule has 0 atom stereocenters. The lowest BCUT2D eigenvalue weighted by atomic mass is 10.2. The number of carboxylic acid groups (broad SMARTS) is 1. The number of hydrogen-bond donors (Lipinski definition) is 2. The molecule has 100 valence electrons. The van der Waals surface area contributed by atoms with Gasteiger partial charge in [0.15, 0.2) is 5.82 Å². The molecule has 1 aromatic heterocycles. The number of phenolic OH excluding ortho intramolecular Hbond substituents is 1. The standard InChI is InChI=1S/C11H11ClN4O3/c12-7-3-4-9(17)8(6-7)11-13-14-15-16(11)5-1-2-10(18)19/h3-4,6,17H,1-2,5H2,(H,18,19). The zero-order chi connectivity index (χ0) is 13.8. The van der Waals surface area contributed by atoms with Crippen LogP contribution in [0.5, 0.6) is 5.75 Å². The monoisotopic (exact) mass is 282 g/mol. The SMILES string of the molecule is O=C(O)CCCn1nnnc1-c1cc(Cl)ccc1O. The lowest BCUT2D eigenvalue weighted by Crippen LogP contribution is -2.05. The lowest BCUT2D eigenvalue weighted by molar-refractivity contribution is -0.137. The van der Waals surface area contributed by atoms with Crippen molar-refractivity contribution < 1.29 is 15.0 Å². The first-order valence-electron chi connectivity index (χ1n) is 5.55. The van der Waals surface area contributed by atoms with Crippen molar-refractivity contribution in [3.8, 4) is 17.1 Å². The number of hydrogen-bond acceptors (Lipinski definition) is 5. The van der Waals surface area contributed by atoms with E-state index in [1.54, 1.807) is 12.1 Å². The maximum Gasteiger partial charge on any atom is 0.303 e. The van der Waals surface area contributed by atoms with Gasteiger partial charge in [0.2, 0.25) is 0 Å². The summed E-state index contributed by atoms with van der Waals surface area (Å²) in [5.74, 6) is -0.510. The molecule has 2 rings (SSSR count). The van der Waals surface area contributed by atoms with Gasteiger partial charge in [0, 0.05) is 18.0 Å². The van der Waals surface area contributed by atoms with Crippen molar-refractivity contribution in [2.45, 2.75) is 19.4 Å². The number of rotatable bonds is 5. The Hall–Kier alpha value is -2.15. The van der Waals surface area contributed by atoms with Gasteiger partial charge in [-0.25, -0.2) is 4.68 Å². The number of aliphatic carboxylic acids is 1. The number of aryl methyl sites for hydroxylation is 1. The van der Waals surface area contributed by atoms with E-state index in [4.69, 9.17) is 16.7 Å². The Kier molecular flexibility index (Phi) is 3.96. The van der Waals surface area contributed by atoms with E-state index in [0.29, 0.717) is 29.4 Å². The fourth-order valence-electron chi connectivity index (χ4n) is 1.62. The van der Waals surface area contributed by atoms with Gasteiger partial charge in [0.05, 0.1) is 5.56 Å². The molecule has 8 heteroatoms. The molecule has 7 nitrogen and oxygen atoms in total. The van der Waals surface area contributed by atoms with Crippen LogP contribution < -0.4 is 0 Å². The molecule has 2 N–H and O–H groups in total. The fraction of sp³-hybridized carbons (Fsp3) is 0.273. The Balaban J connectivity index is 2.23. The van der Waals surface area contributed by atoms with Gasteiger partial charge in [-0.1, -0.05) is 11.6 Å². The number of carbonyl (C=O) groups is 1. The molecule has 0 aliphatic heterocycles. The average molecular weight is 283 g/mol. The maximum atomic E-state index is 10.5. The molecule has 0 bridgehead atoms. The minimum atomic E-state index is -0.875. The van der Waals surface area contributed by atoms with Crippen LogP contribution >= 0.6 is 11.6 Å². The minimum Gasteiger partial charge on any atom is -0.507 e. The van der Waals surface area contributed by atoms with Gasteiger partial charge < -0.3 is 10.2 Å². The van der Waals surface area contributed by atoms with Gasteiger partial charge in [-0.2, -0.15) is 0 Å². The van der Waals surface area contributed by atoms with Crippen LogP contribution in [0.4, 0.5) is 0 Å². The number of halogens is 1. The molecule has 1 heterocycles. The number of aromatic hydroxyl groups is 1. The summed E-state index contributed by atoms with van der Waals surface area (Å²) in [5.41, 5.74) is 0.410.